The van der Waals surface area contributed by atoms with E-state index in [0.29, 0.717) is 6.61 Å². The molecule has 0 radical (unpaired) electrons. The van der Waals surface area contributed by atoms with E-state index in [9.17, 15) is 9.59 Å². The number of carbonyl (C=O) groups is 2. The van der Waals surface area contributed by atoms with Gasteiger partial charge in [-0.25, -0.2) is 0 Å². The molecule has 2 atom stereocenters. The van der Waals surface area contributed by atoms with Crippen LogP contribution in [0.15, 0.2) is 53.4 Å². The van der Waals surface area contributed by atoms with Gasteiger partial charge in [0.25, 0.3) is 0 Å². The lowest BCUT2D eigenvalue weighted by Gasteiger charge is -2.24. The van der Waals surface area contributed by atoms with Crippen LogP contribution in [-0.2, 0) is 9.59 Å². The van der Waals surface area contributed by atoms with E-state index in [0.717, 1.165) is 21.9 Å². The quantitative estimate of drug-likeness (QED) is 0.812. The molecule has 2 amide bonds. The van der Waals surface area contributed by atoms with Crippen LogP contribution in [0.5, 0.6) is 5.75 Å². The zero-order chi connectivity index (χ0) is 18.5. The molecule has 3 rings (SSSR count). The summed E-state index contributed by atoms with van der Waals surface area (Å²) in [6.07, 6.45) is 0.139. The van der Waals surface area contributed by atoms with Crippen molar-refractivity contribution in [1.82, 2.24) is 5.32 Å². The second-order valence-corrected chi connectivity index (χ2v) is 7.34. The minimum absolute atomic E-state index is 0.130. The van der Waals surface area contributed by atoms with Crippen molar-refractivity contribution in [1.29, 1.82) is 0 Å². The van der Waals surface area contributed by atoms with Crippen molar-refractivity contribution in [2.24, 2.45) is 0 Å². The van der Waals surface area contributed by atoms with E-state index in [2.05, 4.69) is 10.6 Å². The van der Waals surface area contributed by atoms with Gasteiger partial charge in [0, 0.05) is 11.3 Å². The summed E-state index contributed by atoms with van der Waals surface area (Å²) in [5, 5.41) is 5.41. The molecule has 1 heterocycles. The van der Waals surface area contributed by atoms with Crippen molar-refractivity contribution in [3.05, 3.63) is 54.1 Å². The first-order valence-electron chi connectivity index (χ1n) is 8.65. The van der Waals surface area contributed by atoms with Crippen LogP contribution in [0.2, 0.25) is 0 Å². The molecule has 0 bridgehead atoms. The highest BCUT2D eigenvalue weighted by atomic mass is 32.2. The molecule has 0 fully saturated rings. The third kappa shape index (κ3) is 4.38. The van der Waals surface area contributed by atoms with E-state index in [1.54, 1.807) is 0 Å². The number of hydrogen-bond donors (Lipinski definition) is 2. The van der Waals surface area contributed by atoms with Gasteiger partial charge in [-0.3, -0.25) is 9.59 Å². The molecular weight excluding hydrogens is 348 g/mol. The first kappa shape index (κ1) is 18.3. The van der Waals surface area contributed by atoms with Crippen LogP contribution in [0.3, 0.4) is 0 Å². The van der Waals surface area contributed by atoms with Gasteiger partial charge in [0.05, 0.1) is 23.6 Å². The van der Waals surface area contributed by atoms with E-state index >= 15 is 0 Å². The Kier molecular flexibility index (Phi) is 5.83. The Bertz CT molecular complexity index is 809. The molecule has 0 spiro atoms. The lowest BCUT2D eigenvalue weighted by Crippen LogP contribution is -2.35. The Morgan fingerprint density at radius 3 is 2.88 bits per heavy atom. The zero-order valence-electron chi connectivity index (χ0n) is 14.8. The number of para-hydroxylation sites is 1. The monoisotopic (exact) mass is 370 g/mol. The third-order valence-corrected chi connectivity index (χ3v) is 5.40. The average molecular weight is 370 g/mol. The summed E-state index contributed by atoms with van der Waals surface area (Å²) in [5.74, 6) is 0.506. The highest BCUT2D eigenvalue weighted by Gasteiger charge is 2.29. The number of amides is 2. The molecule has 1 aliphatic heterocycles. The summed E-state index contributed by atoms with van der Waals surface area (Å²) in [7, 11) is 0. The molecule has 0 aliphatic carbocycles. The fourth-order valence-corrected chi connectivity index (χ4v) is 3.93. The maximum absolute atomic E-state index is 12.4. The summed E-state index contributed by atoms with van der Waals surface area (Å²) in [6, 6.07) is 15.1. The predicted octanol–water partition coefficient (Wildman–Crippen LogP) is 3.77. The molecule has 2 aromatic carbocycles. The Hall–Kier alpha value is -2.47. The smallest absolute Gasteiger partial charge is 0.238 e. The fourth-order valence-electron chi connectivity index (χ4n) is 2.82. The van der Waals surface area contributed by atoms with Crippen LogP contribution in [0.1, 0.15) is 31.9 Å². The van der Waals surface area contributed by atoms with E-state index in [1.807, 2.05) is 62.4 Å². The van der Waals surface area contributed by atoms with Gasteiger partial charge < -0.3 is 15.4 Å². The van der Waals surface area contributed by atoms with E-state index in [4.69, 9.17) is 4.74 Å². The summed E-state index contributed by atoms with van der Waals surface area (Å²) in [5.41, 5.74) is 1.77. The lowest BCUT2D eigenvalue weighted by atomic mass is 10.1. The lowest BCUT2D eigenvalue weighted by molar-refractivity contribution is -0.124. The SMILES string of the molecule is CCOc1cccc([C@H](C)NC(=O)C[C@H]2Sc3ccccc3NC2=O)c1. The topological polar surface area (TPSA) is 67.4 Å². The average Bonchev–Trinajstić information content (AvgIpc) is 2.63. The zero-order valence-corrected chi connectivity index (χ0v) is 15.6. The van der Waals surface area contributed by atoms with Crippen molar-refractivity contribution >= 4 is 29.3 Å². The van der Waals surface area contributed by atoms with Crippen LogP contribution < -0.4 is 15.4 Å². The number of nitrogens with one attached hydrogen (secondary N) is 2. The molecule has 0 aromatic heterocycles. The van der Waals surface area contributed by atoms with Crippen LogP contribution in [0.25, 0.3) is 0 Å². The van der Waals surface area contributed by atoms with Crippen molar-refractivity contribution in [3.8, 4) is 5.75 Å². The number of ether oxygens (including phenoxy) is 1. The van der Waals surface area contributed by atoms with E-state index < -0.39 is 5.25 Å². The second kappa shape index (κ2) is 8.27. The molecule has 2 N–H and O–H groups in total. The number of carbonyl (C=O) groups excluding carboxylic acids is 2. The second-order valence-electron chi connectivity index (χ2n) is 6.09. The number of thioether (sulfide) groups is 1. The molecule has 0 saturated heterocycles. The van der Waals surface area contributed by atoms with E-state index in [1.165, 1.54) is 11.8 Å². The van der Waals surface area contributed by atoms with Crippen LogP contribution in [-0.4, -0.2) is 23.7 Å². The number of fused-ring (bicyclic) bond motifs is 1. The molecule has 136 valence electrons. The van der Waals surface area contributed by atoms with Crippen molar-refractivity contribution in [2.45, 2.75) is 36.5 Å². The Balaban J connectivity index is 1.60. The highest BCUT2D eigenvalue weighted by Crippen LogP contribution is 2.36. The minimum Gasteiger partial charge on any atom is -0.494 e. The van der Waals surface area contributed by atoms with Gasteiger partial charge >= 0.3 is 0 Å². The van der Waals surface area contributed by atoms with Gasteiger partial charge in [-0.2, -0.15) is 0 Å². The molecule has 26 heavy (non-hydrogen) atoms. The summed E-state index contributed by atoms with van der Waals surface area (Å²) in [6.45, 7) is 4.45. The first-order chi connectivity index (χ1) is 12.6. The maximum atomic E-state index is 12.4. The number of benzene rings is 2. The third-order valence-electron chi connectivity index (χ3n) is 4.12. The fraction of sp³-hybridized carbons (Fsp3) is 0.300. The molecule has 5 nitrogen and oxygen atoms in total. The number of rotatable bonds is 6. The Morgan fingerprint density at radius 2 is 2.08 bits per heavy atom. The predicted molar refractivity (Wildman–Crippen MR) is 104 cm³/mol. The summed E-state index contributed by atoms with van der Waals surface area (Å²) >= 11 is 1.43. The van der Waals surface area contributed by atoms with Gasteiger partial charge in [0.15, 0.2) is 0 Å². The summed E-state index contributed by atoms with van der Waals surface area (Å²) in [4.78, 5) is 25.7. The molecular formula is C20H22N2O3S. The highest BCUT2D eigenvalue weighted by molar-refractivity contribution is 8.01. The van der Waals surface area contributed by atoms with Crippen LogP contribution in [0.4, 0.5) is 5.69 Å². The van der Waals surface area contributed by atoms with Crippen LogP contribution >= 0.6 is 11.8 Å². The van der Waals surface area contributed by atoms with Gasteiger partial charge in [0.1, 0.15) is 5.75 Å². The Labute approximate surface area is 157 Å². The van der Waals surface area contributed by atoms with Gasteiger partial charge in [-0.05, 0) is 43.7 Å². The van der Waals surface area contributed by atoms with Gasteiger partial charge in [0.2, 0.25) is 11.8 Å². The minimum atomic E-state index is -0.424. The first-order valence-corrected chi connectivity index (χ1v) is 9.53. The largest absolute Gasteiger partial charge is 0.494 e. The van der Waals surface area contributed by atoms with Crippen molar-refractivity contribution < 1.29 is 14.3 Å². The van der Waals surface area contributed by atoms with Crippen LogP contribution in [0, 0.1) is 0 Å². The molecule has 0 unspecified atom stereocenters. The van der Waals surface area contributed by atoms with E-state index in [-0.39, 0.29) is 24.3 Å². The normalized spacial score (nSPS) is 17.0. The molecule has 2 aromatic rings. The summed E-state index contributed by atoms with van der Waals surface area (Å²) < 4.78 is 5.50. The number of anilines is 1. The molecule has 0 saturated carbocycles. The maximum Gasteiger partial charge on any atom is 0.238 e. The number of hydrogen-bond acceptors (Lipinski definition) is 4. The molecule has 6 heteroatoms. The Morgan fingerprint density at radius 1 is 1.27 bits per heavy atom. The molecule has 1 aliphatic rings. The standard InChI is InChI=1S/C20H22N2O3S/c1-3-25-15-8-6-7-14(11-15)13(2)21-19(23)12-18-20(24)22-16-9-4-5-10-17(16)26-18/h4-11,13,18H,3,12H2,1-2H3,(H,21,23)(H,22,24)/t13-,18+/m0/s1. The van der Waals surface area contributed by atoms with Crippen molar-refractivity contribution in [3.63, 3.8) is 0 Å². The van der Waals surface area contributed by atoms with Crippen molar-refractivity contribution in [2.75, 3.05) is 11.9 Å². The van der Waals surface area contributed by atoms with Gasteiger partial charge in [-0.15, -0.1) is 11.8 Å². The van der Waals surface area contributed by atoms with Gasteiger partial charge in [-0.1, -0.05) is 24.3 Å².